The van der Waals surface area contributed by atoms with Gasteiger partial charge in [0.05, 0.1) is 12.3 Å². The van der Waals surface area contributed by atoms with Gasteiger partial charge in [0, 0.05) is 11.3 Å². The minimum absolute atomic E-state index is 0.0163. The van der Waals surface area contributed by atoms with Crippen LogP contribution in [0.3, 0.4) is 0 Å². The van der Waals surface area contributed by atoms with Crippen molar-refractivity contribution in [2.75, 3.05) is 11.9 Å². The molecule has 0 atom stereocenters. The van der Waals surface area contributed by atoms with Crippen molar-refractivity contribution in [3.05, 3.63) is 40.4 Å². The molecule has 1 aromatic carbocycles. The molecule has 0 bridgehead atoms. The summed E-state index contributed by atoms with van der Waals surface area (Å²) in [5.41, 5.74) is 2.47. The van der Waals surface area contributed by atoms with Gasteiger partial charge in [-0.05, 0) is 49.8 Å². The van der Waals surface area contributed by atoms with E-state index in [4.69, 9.17) is 4.74 Å². The molecule has 0 aliphatic rings. The normalized spacial score (nSPS) is 11.4. The molecule has 1 heterocycles. The summed E-state index contributed by atoms with van der Waals surface area (Å²) < 4.78 is 5.74. The molecule has 0 saturated carbocycles. The highest BCUT2D eigenvalue weighted by molar-refractivity contribution is 7.15. The summed E-state index contributed by atoms with van der Waals surface area (Å²) in [6.45, 7) is 11.2. The molecule has 2 aromatic rings. The molecular formula is C20H28N2O2S. The van der Waals surface area contributed by atoms with Crippen molar-refractivity contribution in [3.63, 3.8) is 0 Å². The summed E-state index contributed by atoms with van der Waals surface area (Å²) in [6.07, 6.45) is 2.20. The molecule has 0 fully saturated rings. The van der Waals surface area contributed by atoms with Crippen molar-refractivity contribution in [1.82, 2.24) is 4.98 Å². The number of aromatic nitrogens is 1. The van der Waals surface area contributed by atoms with Crippen LogP contribution in [0, 0.1) is 13.8 Å². The van der Waals surface area contributed by atoms with Crippen LogP contribution in [0.5, 0.6) is 5.75 Å². The predicted octanol–water partition coefficient (Wildman–Crippen LogP) is 5.25. The number of carbonyl (C=O) groups excluding carboxylic acids is 1. The average molecular weight is 361 g/mol. The van der Waals surface area contributed by atoms with Crippen LogP contribution in [0.25, 0.3) is 0 Å². The van der Waals surface area contributed by atoms with E-state index in [1.165, 1.54) is 16.9 Å². The molecule has 0 spiro atoms. The smallest absolute Gasteiger partial charge is 0.226 e. The molecule has 136 valence electrons. The van der Waals surface area contributed by atoms with Crippen molar-refractivity contribution in [2.45, 2.75) is 59.3 Å². The molecule has 2 rings (SSSR count). The Labute approximate surface area is 154 Å². The molecule has 4 nitrogen and oxygen atoms in total. The minimum atomic E-state index is -0.0163. The summed E-state index contributed by atoms with van der Waals surface area (Å²) in [5.74, 6) is 0.833. The Hall–Kier alpha value is -1.88. The van der Waals surface area contributed by atoms with Crippen molar-refractivity contribution in [1.29, 1.82) is 0 Å². The number of thiazole rings is 1. The van der Waals surface area contributed by atoms with Crippen molar-refractivity contribution >= 4 is 22.4 Å². The van der Waals surface area contributed by atoms with Crippen molar-refractivity contribution in [2.24, 2.45) is 0 Å². The molecule has 0 aliphatic heterocycles. The third kappa shape index (κ3) is 5.56. The second kappa shape index (κ2) is 8.48. The lowest BCUT2D eigenvalue weighted by Crippen LogP contribution is -2.15. The van der Waals surface area contributed by atoms with E-state index >= 15 is 0 Å². The fourth-order valence-electron chi connectivity index (χ4n) is 2.34. The number of carbonyl (C=O) groups is 1. The van der Waals surface area contributed by atoms with Crippen LogP contribution in [0.4, 0.5) is 5.13 Å². The van der Waals surface area contributed by atoms with Crippen LogP contribution in [0.2, 0.25) is 0 Å². The van der Waals surface area contributed by atoms with Crippen LogP contribution in [-0.4, -0.2) is 17.5 Å². The summed E-state index contributed by atoms with van der Waals surface area (Å²) >= 11 is 1.51. The van der Waals surface area contributed by atoms with Crippen LogP contribution < -0.4 is 10.1 Å². The fourth-order valence-corrected chi connectivity index (χ4v) is 3.17. The quantitative estimate of drug-likeness (QED) is 0.655. The molecule has 5 heteroatoms. The molecule has 1 N–H and O–H groups in total. The Bertz CT molecular complexity index is 685. The molecule has 0 radical (unpaired) electrons. The van der Waals surface area contributed by atoms with E-state index in [-0.39, 0.29) is 11.3 Å². The van der Waals surface area contributed by atoms with Gasteiger partial charge in [-0.2, -0.15) is 0 Å². The topological polar surface area (TPSA) is 51.2 Å². The number of amides is 1. The van der Waals surface area contributed by atoms with E-state index in [0.717, 1.165) is 22.7 Å². The zero-order valence-electron chi connectivity index (χ0n) is 15.8. The molecule has 0 aliphatic carbocycles. The molecular weight excluding hydrogens is 332 g/mol. The highest BCUT2D eigenvalue weighted by Gasteiger charge is 2.17. The number of hydrogen-bond acceptors (Lipinski definition) is 4. The van der Waals surface area contributed by atoms with Crippen LogP contribution >= 0.6 is 11.3 Å². The minimum Gasteiger partial charge on any atom is -0.494 e. The van der Waals surface area contributed by atoms with E-state index in [2.05, 4.69) is 43.2 Å². The fraction of sp³-hybridized carbons (Fsp3) is 0.500. The van der Waals surface area contributed by atoms with Crippen LogP contribution in [0.1, 0.15) is 56.2 Å². The Balaban J connectivity index is 1.73. The SMILES string of the molecule is CCC(C)(C)c1ccc(OCCCC(=O)Nc2nc(C)c(C)s2)cc1. The second-order valence-electron chi connectivity index (χ2n) is 6.92. The van der Waals surface area contributed by atoms with Gasteiger partial charge in [-0.3, -0.25) is 4.79 Å². The van der Waals surface area contributed by atoms with E-state index in [9.17, 15) is 4.79 Å². The zero-order valence-corrected chi connectivity index (χ0v) is 16.6. The average Bonchev–Trinajstić information content (AvgIpc) is 2.89. The third-order valence-corrected chi connectivity index (χ3v) is 5.60. The number of ether oxygens (including phenoxy) is 1. The summed E-state index contributed by atoms with van der Waals surface area (Å²) in [6, 6.07) is 8.26. The van der Waals surface area contributed by atoms with Gasteiger partial charge in [-0.1, -0.05) is 32.9 Å². The number of nitrogens with one attached hydrogen (secondary N) is 1. The van der Waals surface area contributed by atoms with Crippen molar-refractivity contribution < 1.29 is 9.53 Å². The Kier molecular flexibility index (Phi) is 6.59. The molecule has 0 saturated heterocycles. The van der Waals surface area contributed by atoms with Gasteiger partial charge in [0.15, 0.2) is 5.13 Å². The lowest BCUT2D eigenvalue weighted by atomic mass is 9.82. The van der Waals surface area contributed by atoms with E-state index in [1.54, 1.807) is 0 Å². The predicted molar refractivity (Wildman–Crippen MR) is 105 cm³/mol. The highest BCUT2D eigenvalue weighted by Crippen LogP contribution is 2.28. The maximum absolute atomic E-state index is 11.9. The first-order valence-electron chi connectivity index (χ1n) is 8.79. The lowest BCUT2D eigenvalue weighted by Gasteiger charge is -2.23. The number of rotatable bonds is 8. The van der Waals surface area contributed by atoms with E-state index < -0.39 is 0 Å². The Morgan fingerprint density at radius 3 is 2.48 bits per heavy atom. The molecule has 1 amide bonds. The van der Waals surface area contributed by atoms with Crippen molar-refractivity contribution in [3.8, 4) is 5.75 Å². The number of aryl methyl sites for hydroxylation is 2. The van der Waals surface area contributed by atoms with Gasteiger partial charge in [0.25, 0.3) is 0 Å². The number of benzene rings is 1. The largest absolute Gasteiger partial charge is 0.494 e. The zero-order chi connectivity index (χ0) is 18.4. The number of nitrogens with zero attached hydrogens (tertiary/aromatic N) is 1. The van der Waals surface area contributed by atoms with Gasteiger partial charge < -0.3 is 10.1 Å². The van der Waals surface area contributed by atoms with Gasteiger partial charge in [0.2, 0.25) is 5.91 Å². The summed E-state index contributed by atoms with van der Waals surface area (Å²) in [4.78, 5) is 17.4. The van der Waals surface area contributed by atoms with Gasteiger partial charge in [-0.25, -0.2) is 4.98 Å². The standard InChI is InChI=1S/C20H28N2O2S/c1-6-20(4,5)16-9-11-17(12-10-16)24-13-7-8-18(23)22-19-21-14(2)15(3)25-19/h9-12H,6-8,13H2,1-5H3,(H,21,22,23). The highest BCUT2D eigenvalue weighted by atomic mass is 32.1. The van der Waals surface area contributed by atoms with E-state index in [0.29, 0.717) is 24.6 Å². The first-order chi connectivity index (χ1) is 11.8. The summed E-state index contributed by atoms with van der Waals surface area (Å²) in [5, 5.41) is 3.52. The Morgan fingerprint density at radius 1 is 1.24 bits per heavy atom. The van der Waals surface area contributed by atoms with Gasteiger partial charge >= 0.3 is 0 Å². The van der Waals surface area contributed by atoms with Gasteiger partial charge in [-0.15, -0.1) is 11.3 Å². The molecule has 25 heavy (non-hydrogen) atoms. The lowest BCUT2D eigenvalue weighted by molar-refractivity contribution is -0.116. The summed E-state index contributed by atoms with van der Waals surface area (Å²) in [7, 11) is 0. The molecule has 1 aromatic heterocycles. The Morgan fingerprint density at radius 2 is 1.92 bits per heavy atom. The van der Waals surface area contributed by atoms with Crippen LogP contribution in [-0.2, 0) is 10.2 Å². The first-order valence-corrected chi connectivity index (χ1v) is 9.60. The monoisotopic (exact) mass is 360 g/mol. The number of hydrogen-bond donors (Lipinski definition) is 1. The van der Waals surface area contributed by atoms with Gasteiger partial charge in [0.1, 0.15) is 5.75 Å². The maximum Gasteiger partial charge on any atom is 0.226 e. The second-order valence-corrected chi connectivity index (χ2v) is 8.13. The number of anilines is 1. The molecule has 0 unspecified atom stereocenters. The first kappa shape index (κ1) is 19.4. The van der Waals surface area contributed by atoms with E-state index in [1.807, 2.05) is 26.0 Å². The third-order valence-electron chi connectivity index (χ3n) is 4.61. The van der Waals surface area contributed by atoms with Crippen LogP contribution in [0.15, 0.2) is 24.3 Å². The maximum atomic E-state index is 11.9.